The quantitative estimate of drug-likeness (QED) is 0.596. The number of aryl methyl sites for hydroxylation is 1. The van der Waals surface area contributed by atoms with Gasteiger partial charge in [0.1, 0.15) is 5.82 Å². The number of methoxy groups -OCH3 is 3. The molecule has 0 saturated heterocycles. The van der Waals surface area contributed by atoms with E-state index in [2.05, 4.69) is 15.3 Å². The van der Waals surface area contributed by atoms with Crippen molar-refractivity contribution in [1.29, 1.82) is 0 Å². The van der Waals surface area contributed by atoms with E-state index < -0.39 is 62.6 Å². The molecule has 0 bridgehead atoms. The zero-order valence-corrected chi connectivity index (χ0v) is 13.9. The second-order valence-corrected chi connectivity index (χ2v) is 5.27. The first kappa shape index (κ1) is 8.08. The summed E-state index contributed by atoms with van der Waals surface area (Å²) in [4.78, 5) is 7.92. The molecular weight excluding hydrogens is 346 g/mol. The van der Waals surface area contributed by atoms with Crippen molar-refractivity contribution in [2.75, 3.05) is 37.9 Å². The Morgan fingerprint density at radius 2 is 1.81 bits per heavy atom. The second kappa shape index (κ2) is 7.45. The molecule has 0 fully saturated rings. The molecular formula is C19H23N5O3. The van der Waals surface area contributed by atoms with Gasteiger partial charge in [0.2, 0.25) is 11.7 Å². The van der Waals surface area contributed by atoms with Crippen molar-refractivity contribution in [3.8, 4) is 17.2 Å². The molecule has 8 nitrogen and oxygen atoms in total. The van der Waals surface area contributed by atoms with Gasteiger partial charge in [-0.25, -0.2) is 4.98 Å². The lowest BCUT2D eigenvalue weighted by Gasteiger charge is -2.16. The van der Waals surface area contributed by atoms with E-state index in [1.807, 2.05) is 0 Å². The number of nitrogens with zero attached hydrogens (tertiary/aromatic N) is 2. The Labute approximate surface area is 175 Å². The van der Waals surface area contributed by atoms with Crippen LogP contribution < -0.4 is 31.0 Å². The molecule has 0 aliphatic carbocycles. The third-order valence-corrected chi connectivity index (χ3v) is 3.69. The average molecular weight is 383 g/mol. The second-order valence-electron chi connectivity index (χ2n) is 5.27. The minimum absolute atomic E-state index is 0.0482. The first-order valence-electron chi connectivity index (χ1n) is 13.9. The molecule has 27 heavy (non-hydrogen) atoms. The first-order chi connectivity index (χ1) is 18.0. The van der Waals surface area contributed by atoms with Crippen molar-refractivity contribution in [3.05, 3.63) is 35.3 Å². The predicted octanol–water partition coefficient (Wildman–Crippen LogP) is 2.74. The molecule has 3 aromatic rings. The lowest BCUT2D eigenvalue weighted by atomic mass is 10.0. The standard InChI is InChI=1S/C19H23N5O3/c1-10-11(5-6-13-16(10)18(20)24-19(21)23-13)9-22-12-7-14(25-2)17(27-4)15(8-12)26-3/h5-8,22H,9H2,1-4H3,(H4,20,21,23,24)/i2D3,3D3,4D3,7D,8D,9D2. The molecule has 2 aromatic carbocycles. The van der Waals surface area contributed by atoms with E-state index in [1.165, 1.54) is 19.1 Å². The van der Waals surface area contributed by atoms with E-state index in [0.29, 0.717) is 5.52 Å². The molecule has 0 unspecified atom stereocenters. The van der Waals surface area contributed by atoms with Crippen LogP contribution in [-0.2, 0) is 6.50 Å². The van der Waals surface area contributed by atoms with Crippen LogP contribution in [0.4, 0.5) is 17.5 Å². The number of hydrogen-bond acceptors (Lipinski definition) is 8. The molecule has 0 spiro atoms. The fraction of sp³-hybridized carbons (Fsp3) is 0.263. The largest absolute Gasteiger partial charge is 0.493 e. The van der Waals surface area contributed by atoms with Crippen LogP contribution in [0.3, 0.4) is 0 Å². The summed E-state index contributed by atoms with van der Waals surface area (Å²) in [6.07, 6.45) is 0. The van der Waals surface area contributed by atoms with Gasteiger partial charge in [-0.3, -0.25) is 0 Å². The first-order valence-corrected chi connectivity index (χ1v) is 7.36. The maximum absolute atomic E-state index is 8.68. The zero-order chi connectivity index (χ0) is 30.6. The van der Waals surface area contributed by atoms with E-state index in [9.17, 15) is 0 Å². The third-order valence-electron chi connectivity index (χ3n) is 3.69. The summed E-state index contributed by atoms with van der Waals surface area (Å²) in [5, 5.41) is 2.54. The molecule has 142 valence electrons. The van der Waals surface area contributed by atoms with Crippen LogP contribution in [0, 0.1) is 6.92 Å². The highest BCUT2D eigenvalue weighted by Crippen LogP contribution is 2.40. The Bertz CT molecular complexity index is 1410. The number of hydrogen-bond donors (Lipinski definition) is 3. The van der Waals surface area contributed by atoms with Gasteiger partial charge in [0.05, 0.1) is 44.5 Å². The van der Waals surface area contributed by atoms with Crippen LogP contribution in [0.2, 0.25) is 0 Å². The monoisotopic (exact) mass is 382 g/mol. The lowest BCUT2D eigenvalue weighted by Crippen LogP contribution is -2.06. The number of anilines is 3. The Kier molecular flexibility index (Phi) is 2.23. The molecule has 0 aliphatic heterocycles. The minimum atomic E-state index is -3.32. The number of ether oxygens (including phenoxy) is 3. The van der Waals surface area contributed by atoms with Gasteiger partial charge in [0.15, 0.2) is 11.5 Å². The lowest BCUT2D eigenvalue weighted by molar-refractivity contribution is 0.324. The van der Waals surface area contributed by atoms with E-state index >= 15 is 0 Å². The normalized spacial score (nSPS) is 19.7. The van der Waals surface area contributed by atoms with Gasteiger partial charge in [0, 0.05) is 29.7 Å². The fourth-order valence-corrected chi connectivity index (χ4v) is 2.48. The molecule has 0 aliphatic rings. The number of rotatable bonds is 6. The maximum Gasteiger partial charge on any atom is 0.222 e. The minimum Gasteiger partial charge on any atom is -0.493 e. The number of nitrogen functional groups attached to an aromatic ring is 2. The Morgan fingerprint density at radius 1 is 1.11 bits per heavy atom. The smallest absolute Gasteiger partial charge is 0.222 e. The summed E-state index contributed by atoms with van der Waals surface area (Å²) < 4.78 is 115. The molecule has 0 saturated carbocycles. The van der Waals surface area contributed by atoms with Gasteiger partial charge in [-0.15, -0.1) is 0 Å². The summed E-state index contributed by atoms with van der Waals surface area (Å²) in [6, 6.07) is 0.650. The summed E-state index contributed by atoms with van der Waals surface area (Å²) in [5.74, 6) is -3.59. The SMILES string of the molecule is [2H]c1c(NC([2H])([2H])c2ccc3nc(N)nc(N)c3c2C)c([2H])c(OC([2H])([2H])[2H])c(OC([2H])([2H])[2H])c1OC([2H])([2H])[2H]. The fourth-order valence-electron chi connectivity index (χ4n) is 2.48. The number of nitrogens with one attached hydrogen (secondary N) is 1. The molecule has 1 aromatic heterocycles. The van der Waals surface area contributed by atoms with Gasteiger partial charge < -0.3 is 31.0 Å². The van der Waals surface area contributed by atoms with Gasteiger partial charge in [-0.1, -0.05) is 6.07 Å². The van der Waals surface area contributed by atoms with Crippen LogP contribution in [0.25, 0.3) is 10.9 Å². The zero-order valence-electron chi connectivity index (χ0n) is 26.9. The van der Waals surface area contributed by atoms with Crippen LogP contribution in [0.1, 0.15) is 28.9 Å². The number of nitrogens with two attached hydrogens (primary N) is 2. The van der Waals surface area contributed by atoms with Gasteiger partial charge >= 0.3 is 0 Å². The Balaban J connectivity index is 2.30. The summed E-state index contributed by atoms with van der Waals surface area (Å²) in [7, 11) is -9.95. The summed E-state index contributed by atoms with van der Waals surface area (Å²) in [6.45, 7) is -1.16. The molecule has 0 amide bonds. The molecule has 1 heterocycles. The van der Waals surface area contributed by atoms with Crippen molar-refractivity contribution in [3.63, 3.8) is 0 Å². The molecule has 5 N–H and O–H groups in total. The number of fused-ring (bicyclic) bond motifs is 1. The van der Waals surface area contributed by atoms with Gasteiger partial charge in [0.25, 0.3) is 0 Å². The highest BCUT2D eigenvalue weighted by Gasteiger charge is 2.14. The third kappa shape index (κ3) is 3.46. The molecule has 0 atom stereocenters. The Morgan fingerprint density at radius 3 is 2.48 bits per heavy atom. The van der Waals surface area contributed by atoms with Crippen LogP contribution >= 0.6 is 0 Å². The highest BCUT2D eigenvalue weighted by atomic mass is 16.5. The van der Waals surface area contributed by atoms with Crippen molar-refractivity contribution in [1.82, 2.24) is 9.97 Å². The van der Waals surface area contributed by atoms with E-state index in [4.69, 9.17) is 43.5 Å². The van der Waals surface area contributed by atoms with E-state index in [0.717, 1.165) is 0 Å². The van der Waals surface area contributed by atoms with Gasteiger partial charge in [-0.2, -0.15) is 4.98 Å². The average Bonchev–Trinajstić information content (AvgIpc) is 2.74. The van der Waals surface area contributed by atoms with E-state index in [1.54, 1.807) is 0 Å². The summed E-state index contributed by atoms with van der Waals surface area (Å²) >= 11 is 0. The predicted molar refractivity (Wildman–Crippen MR) is 107 cm³/mol. The van der Waals surface area contributed by atoms with E-state index in [-0.39, 0.29) is 28.3 Å². The van der Waals surface area contributed by atoms with Gasteiger partial charge in [-0.05, 0) is 24.1 Å². The van der Waals surface area contributed by atoms with Crippen LogP contribution in [-0.4, -0.2) is 31.1 Å². The van der Waals surface area contributed by atoms with Crippen molar-refractivity contribution >= 4 is 28.4 Å². The topological polar surface area (TPSA) is 118 Å². The van der Waals surface area contributed by atoms with Crippen molar-refractivity contribution in [2.24, 2.45) is 0 Å². The Hall–Kier alpha value is -3.42. The van der Waals surface area contributed by atoms with Crippen molar-refractivity contribution < 1.29 is 32.0 Å². The van der Waals surface area contributed by atoms with Crippen molar-refractivity contribution in [2.45, 2.75) is 13.4 Å². The molecule has 3 rings (SSSR count). The summed E-state index contributed by atoms with van der Waals surface area (Å²) in [5.41, 5.74) is 11.2. The van der Waals surface area contributed by atoms with Crippen LogP contribution in [0.15, 0.2) is 24.2 Å². The maximum atomic E-state index is 8.68. The van der Waals surface area contributed by atoms with Crippen LogP contribution in [0.5, 0.6) is 17.2 Å². The molecule has 8 heteroatoms. The highest BCUT2D eigenvalue weighted by molar-refractivity contribution is 5.92. The number of benzene rings is 2. The number of aromatic nitrogens is 2. The molecule has 0 radical (unpaired) electrons.